The van der Waals surface area contributed by atoms with E-state index in [1.165, 1.54) is 37.7 Å². The summed E-state index contributed by atoms with van der Waals surface area (Å²) in [4.78, 5) is 13.8. The molecule has 0 aliphatic heterocycles. The summed E-state index contributed by atoms with van der Waals surface area (Å²) in [5.74, 6) is 4.77. The summed E-state index contributed by atoms with van der Waals surface area (Å²) in [6.45, 7) is 14.4. The van der Waals surface area contributed by atoms with E-state index >= 15 is 0 Å². The minimum absolute atomic E-state index is 0.0804. The van der Waals surface area contributed by atoms with E-state index in [4.69, 9.17) is 0 Å². The highest BCUT2D eigenvalue weighted by Crippen LogP contribution is 2.66. The maximum Gasteiger partial charge on any atom is 0.141 e. The zero-order valence-corrected chi connectivity index (χ0v) is 21.1. The summed E-state index contributed by atoms with van der Waals surface area (Å²) in [6.07, 6.45) is 13.5. The van der Waals surface area contributed by atoms with E-state index in [0.717, 1.165) is 43.9 Å². The van der Waals surface area contributed by atoms with Gasteiger partial charge >= 0.3 is 0 Å². The quantitative estimate of drug-likeness (QED) is 0.454. The molecule has 0 aromatic carbocycles. The normalized spacial score (nSPS) is 44.3. The van der Waals surface area contributed by atoms with Crippen LogP contribution in [0.5, 0.6) is 0 Å². The Morgan fingerprint density at radius 3 is 2.52 bits per heavy atom. The van der Waals surface area contributed by atoms with Gasteiger partial charge in [-0.05, 0) is 91.3 Å². The summed E-state index contributed by atoms with van der Waals surface area (Å²) in [7, 11) is 0. The van der Waals surface area contributed by atoms with Crippen molar-refractivity contribution in [1.82, 2.24) is 0 Å². The van der Waals surface area contributed by atoms with Gasteiger partial charge in [-0.3, -0.25) is 4.79 Å². The van der Waals surface area contributed by atoms with E-state index in [-0.39, 0.29) is 22.9 Å². The summed E-state index contributed by atoms with van der Waals surface area (Å²) in [5, 5.41) is 10.2. The molecule has 0 radical (unpaired) electrons. The van der Waals surface area contributed by atoms with Gasteiger partial charge in [0.05, 0.1) is 6.10 Å². The first-order chi connectivity index (χ1) is 14.6. The van der Waals surface area contributed by atoms with Crippen molar-refractivity contribution >= 4 is 5.78 Å². The van der Waals surface area contributed by atoms with Crippen molar-refractivity contribution in [3.05, 3.63) is 11.6 Å². The van der Waals surface area contributed by atoms with Gasteiger partial charge in [0.15, 0.2) is 0 Å². The third kappa shape index (κ3) is 3.87. The first-order valence-electron chi connectivity index (χ1n) is 13.5. The van der Waals surface area contributed by atoms with Gasteiger partial charge in [-0.2, -0.15) is 0 Å². The molecule has 3 saturated carbocycles. The molecule has 0 aromatic heterocycles. The molecule has 9 atom stereocenters. The van der Waals surface area contributed by atoms with Crippen molar-refractivity contribution in [3.63, 3.8) is 0 Å². The minimum atomic E-state index is -0.161. The van der Waals surface area contributed by atoms with Crippen LogP contribution < -0.4 is 0 Å². The Labute approximate surface area is 191 Å². The monoisotopic (exact) mass is 428 g/mol. The second kappa shape index (κ2) is 8.62. The molecule has 4 aliphatic rings. The molecule has 0 saturated heterocycles. The molecular formula is C29H48O2. The molecule has 3 fully saturated rings. The second-order valence-corrected chi connectivity index (χ2v) is 12.9. The van der Waals surface area contributed by atoms with Crippen LogP contribution in [0.1, 0.15) is 106 Å². The number of carbonyl (C=O) groups is 1. The molecule has 176 valence electrons. The standard InChI is InChI=1S/C29H48O2/c1-7-20(18(2)3)9-8-19(4)24-12-13-25-23-11-10-21-16-22(30)14-15-28(21,5)27(23)26(31)17-29(24,25)6/h11,18-22,24-25,27,30H,7-10,12-17H2,1-6H3. The van der Waals surface area contributed by atoms with Crippen LogP contribution in [0, 0.1) is 52.3 Å². The largest absolute Gasteiger partial charge is 0.393 e. The Kier molecular flexibility index (Phi) is 6.54. The van der Waals surface area contributed by atoms with Gasteiger partial charge in [0, 0.05) is 12.3 Å². The van der Waals surface area contributed by atoms with Crippen LogP contribution >= 0.6 is 0 Å². The fourth-order valence-corrected chi connectivity index (χ4v) is 8.98. The third-order valence-electron chi connectivity index (χ3n) is 11.0. The zero-order valence-electron chi connectivity index (χ0n) is 21.1. The van der Waals surface area contributed by atoms with Crippen molar-refractivity contribution in [3.8, 4) is 0 Å². The third-order valence-corrected chi connectivity index (χ3v) is 11.0. The zero-order chi connectivity index (χ0) is 22.6. The smallest absolute Gasteiger partial charge is 0.141 e. The molecule has 4 rings (SSSR count). The summed E-state index contributed by atoms with van der Waals surface area (Å²) < 4.78 is 0. The summed E-state index contributed by atoms with van der Waals surface area (Å²) >= 11 is 0. The average Bonchev–Trinajstić information content (AvgIpc) is 3.04. The topological polar surface area (TPSA) is 37.3 Å². The van der Waals surface area contributed by atoms with Crippen molar-refractivity contribution in [2.75, 3.05) is 0 Å². The van der Waals surface area contributed by atoms with E-state index in [2.05, 4.69) is 47.6 Å². The van der Waals surface area contributed by atoms with Crippen LogP contribution in [-0.4, -0.2) is 17.0 Å². The number of hydrogen-bond donors (Lipinski definition) is 1. The van der Waals surface area contributed by atoms with Gasteiger partial charge in [0.2, 0.25) is 0 Å². The molecule has 0 spiro atoms. The Balaban J connectivity index is 1.54. The number of Topliss-reactive ketones (excluding diaryl/α,β-unsaturated/α-hetero) is 1. The van der Waals surface area contributed by atoms with E-state index in [1.807, 2.05) is 0 Å². The lowest BCUT2D eigenvalue weighted by atomic mass is 9.47. The maximum absolute atomic E-state index is 13.8. The molecule has 0 bridgehead atoms. The van der Waals surface area contributed by atoms with Gasteiger partial charge < -0.3 is 5.11 Å². The highest BCUT2D eigenvalue weighted by atomic mass is 16.3. The lowest BCUT2D eigenvalue weighted by molar-refractivity contribution is -0.138. The lowest BCUT2D eigenvalue weighted by Gasteiger charge is -2.56. The number of aliphatic hydroxyl groups is 1. The highest BCUT2D eigenvalue weighted by Gasteiger charge is 2.61. The Bertz CT molecular complexity index is 708. The summed E-state index contributed by atoms with van der Waals surface area (Å²) in [6, 6.07) is 0. The van der Waals surface area contributed by atoms with E-state index < -0.39 is 0 Å². The fourth-order valence-electron chi connectivity index (χ4n) is 8.98. The molecule has 31 heavy (non-hydrogen) atoms. The molecule has 2 nitrogen and oxygen atoms in total. The predicted octanol–water partition coefficient (Wildman–Crippen LogP) is 7.20. The van der Waals surface area contributed by atoms with Crippen molar-refractivity contribution in [2.24, 2.45) is 52.3 Å². The maximum atomic E-state index is 13.8. The van der Waals surface area contributed by atoms with Crippen LogP contribution in [0.25, 0.3) is 0 Å². The molecule has 0 amide bonds. The van der Waals surface area contributed by atoms with E-state index in [1.54, 1.807) is 0 Å². The number of rotatable bonds is 6. The second-order valence-electron chi connectivity index (χ2n) is 12.9. The van der Waals surface area contributed by atoms with E-state index in [0.29, 0.717) is 29.5 Å². The van der Waals surface area contributed by atoms with E-state index in [9.17, 15) is 9.90 Å². The van der Waals surface area contributed by atoms with Crippen LogP contribution in [0.4, 0.5) is 0 Å². The Morgan fingerprint density at radius 2 is 1.84 bits per heavy atom. The van der Waals surface area contributed by atoms with Crippen molar-refractivity contribution in [2.45, 2.75) is 112 Å². The molecule has 2 heteroatoms. The first kappa shape index (κ1) is 23.5. The van der Waals surface area contributed by atoms with Crippen LogP contribution in [-0.2, 0) is 4.79 Å². The van der Waals surface area contributed by atoms with Gasteiger partial charge in [-0.1, -0.05) is 66.0 Å². The Hall–Kier alpha value is -0.630. The van der Waals surface area contributed by atoms with Gasteiger partial charge in [0.25, 0.3) is 0 Å². The highest BCUT2D eigenvalue weighted by molar-refractivity contribution is 5.87. The number of allylic oxidation sites excluding steroid dienone is 2. The fraction of sp³-hybridized carbons (Fsp3) is 0.897. The summed E-state index contributed by atoms with van der Waals surface area (Å²) in [5.41, 5.74) is 1.77. The van der Waals surface area contributed by atoms with Crippen molar-refractivity contribution in [1.29, 1.82) is 0 Å². The number of aliphatic hydroxyl groups excluding tert-OH is 1. The lowest BCUT2D eigenvalue weighted by Crippen LogP contribution is -2.53. The minimum Gasteiger partial charge on any atom is -0.393 e. The Morgan fingerprint density at radius 1 is 1.10 bits per heavy atom. The first-order valence-corrected chi connectivity index (χ1v) is 13.5. The van der Waals surface area contributed by atoms with Crippen LogP contribution in [0.3, 0.4) is 0 Å². The predicted molar refractivity (Wildman–Crippen MR) is 129 cm³/mol. The van der Waals surface area contributed by atoms with Crippen molar-refractivity contribution < 1.29 is 9.90 Å². The van der Waals surface area contributed by atoms with Gasteiger partial charge in [-0.25, -0.2) is 0 Å². The van der Waals surface area contributed by atoms with Crippen LogP contribution in [0.2, 0.25) is 0 Å². The molecule has 9 unspecified atom stereocenters. The molecule has 0 heterocycles. The average molecular weight is 429 g/mol. The van der Waals surface area contributed by atoms with Gasteiger partial charge in [-0.15, -0.1) is 0 Å². The molecule has 4 aliphatic carbocycles. The van der Waals surface area contributed by atoms with Gasteiger partial charge in [0.1, 0.15) is 5.78 Å². The SMILES string of the molecule is CCC(CCC(C)C1CCC2C3=CCC4CC(O)CCC4(C)C3C(=O)CC21C)C(C)C. The molecule has 1 N–H and O–H groups in total. The number of hydrogen-bond acceptors (Lipinski definition) is 2. The molecule has 0 aromatic rings. The van der Waals surface area contributed by atoms with Crippen LogP contribution in [0.15, 0.2) is 11.6 Å². The number of carbonyl (C=O) groups excluding carboxylic acids is 1. The number of fused-ring (bicyclic) bond motifs is 5. The molecular weight excluding hydrogens is 380 g/mol. The number of ketones is 1.